The molecule has 0 aliphatic carbocycles. The van der Waals surface area contributed by atoms with Crippen molar-refractivity contribution in [3.8, 4) is 0 Å². The van der Waals surface area contributed by atoms with E-state index >= 15 is 0 Å². The first kappa shape index (κ1) is 16.0. The lowest BCUT2D eigenvalue weighted by atomic mass is 10.2. The van der Waals surface area contributed by atoms with E-state index in [1.807, 2.05) is 4.68 Å². The Hall–Kier alpha value is -2.22. The van der Waals surface area contributed by atoms with Crippen LogP contribution in [0.15, 0.2) is 54.6 Å². The smallest absolute Gasteiger partial charge is 0.216 e. The highest BCUT2D eigenvalue weighted by Gasteiger charge is 2.19. The van der Waals surface area contributed by atoms with E-state index in [1.165, 1.54) is 10.4 Å². The summed E-state index contributed by atoms with van der Waals surface area (Å²) in [5.41, 5.74) is 2.45. The zero-order valence-corrected chi connectivity index (χ0v) is 15.9. The summed E-state index contributed by atoms with van der Waals surface area (Å²) < 4.78 is 6.06. The van der Waals surface area contributed by atoms with Crippen molar-refractivity contribution in [1.29, 1.82) is 0 Å². The number of hydrogen-bond donors (Lipinski definition) is 0. The average molecular weight is 382 g/mol. The van der Waals surface area contributed by atoms with Crippen LogP contribution in [0, 0.1) is 4.77 Å². The van der Waals surface area contributed by atoms with E-state index < -0.39 is 0 Å². The fourth-order valence-corrected chi connectivity index (χ4v) is 4.92. The molecule has 0 unspecified atom stereocenters. The summed E-state index contributed by atoms with van der Waals surface area (Å²) in [5.74, 6) is 0. The molecular weight excluding hydrogens is 362 g/mol. The Bertz CT molecular complexity index is 1100. The molecule has 1 aliphatic heterocycles. The van der Waals surface area contributed by atoms with Crippen LogP contribution >= 0.6 is 23.6 Å². The summed E-state index contributed by atoms with van der Waals surface area (Å²) in [6, 6.07) is 19.0. The van der Waals surface area contributed by atoms with Crippen molar-refractivity contribution in [3.05, 3.63) is 59.4 Å². The van der Waals surface area contributed by atoms with E-state index in [-0.39, 0.29) is 0 Å². The molecular formula is C19H19N5S2. The first-order chi connectivity index (χ1) is 12.8. The minimum atomic E-state index is 0.754. The molecule has 2 aromatic heterocycles. The van der Waals surface area contributed by atoms with Crippen LogP contribution in [0.4, 0.5) is 5.69 Å². The third kappa shape index (κ3) is 2.72. The Morgan fingerprint density at radius 2 is 1.65 bits per heavy atom. The molecule has 0 atom stereocenters. The molecule has 3 heterocycles. The number of piperazine rings is 1. The summed E-state index contributed by atoms with van der Waals surface area (Å²) >= 11 is 7.40. The van der Waals surface area contributed by atoms with Crippen LogP contribution in [-0.4, -0.2) is 45.3 Å². The number of hydrogen-bond acceptors (Lipinski definition) is 5. The molecule has 1 aliphatic rings. The number of aromatic nitrogens is 3. The lowest BCUT2D eigenvalue weighted by Crippen LogP contribution is -2.46. The maximum atomic E-state index is 5.71. The standard InChI is InChI=1S/C19H19N5S2/c25-19-23(20-18-24(19)16-8-4-5-9-17(16)26-18)14-21-10-12-22(13-11-21)15-6-2-1-3-7-15/h1-9H,10-14H2. The fourth-order valence-electron chi connectivity index (χ4n) is 3.55. The highest BCUT2D eigenvalue weighted by atomic mass is 32.1. The summed E-state index contributed by atoms with van der Waals surface area (Å²) in [6.07, 6.45) is 0. The van der Waals surface area contributed by atoms with Gasteiger partial charge in [-0.05, 0) is 36.5 Å². The van der Waals surface area contributed by atoms with Crippen molar-refractivity contribution in [2.24, 2.45) is 0 Å². The highest BCUT2D eigenvalue weighted by Crippen LogP contribution is 2.25. The lowest BCUT2D eigenvalue weighted by Gasteiger charge is -2.35. The molecule has 0 bridgehead atoms. The third-order valence-electron chi connectivity index (χ3n) is 4.94. The SMILES string of the molecule is S=c1n(CN2CCN(c3ccccc3)CC2)nc2sc3ccccc3n12. The zero-order valence-electron chi connectivity index (χ0n) is 14.3. The molecule has 0 amide bonds. The van der Waals surface area contributed by atoms with Gasteiger partial charge in [0.2, 0.25) is 9.73 Å². The zero-order chi connectivity index (χ0) is 17.5. The van der Waals surface area contributed by atoms with Crippen molar-refractivity contribution in [2.75, 3.05) is 31.1 Å². The second-order valence-electron chi connectivity index (χ2n) is 6.55. The first-order valence-corrected chi connectivity index (χ1v) is 10.0. The minimum Gasteiger partial charge on any atom is -0.369 e. The van der Waals surface area contributed by atoms with Gasteiger partial charge in [0, 0.05) is 31.9 Å². The van der Waals surface area contributed by atoms with Crippen molar-refractivity contribution < 1.29 is 0 Å². The Labute approximate surface area is 160 Å². The van der Waals surface area contributed by atoms with Crippen LogP contribution in [0.3, 0.4) is 0 Å². The topological polar surface area (TPSA) is 28.7 Å². The van der Waals surface area contributed by atoms with Gasteiger partial charge in [0.1, 0.15) is 0 Å². The van der Waals surface area contributed by atoms with Gasteiger partial charge in [0.15, 0.2) is 0 Å². The molecule has 1 saturated heterocycles. The molecule has 5 nitrogen and oxygen atoms in total. The predicted octanol–water partition coefficient (Wildman–Crippen LogP) is 3.86. The van der Waals surface area contributed by atoms with E-state index in [9.17, 15) is 0 Å². The number of anilines is 1. The number of para-hydroxylation sites is 2. The van der Waals surface area contributed by atoms with E-state index in [0.29, 0.717) is 0 Å². The Morgan fingerprint density at radius 1 is 0.923 bits per heavy atom. The van der Waals surface area contributed by atoms with Crippen LogP contribution in [0.25, 0.3) is 15.2 Å². The summed E-state index contributed by atoms with van der Waals surface area (Å²) in [4.78, 5) is 5.84. The van der Waals surface area contributed by atoms with Gasteiger partial charge in [-0.1, -0.05) is 41.7 Å². The van der Waals surface area contributed by atoms with Crippen LogP contribution in [0.5, 0.6) is 0 Å². The van der Waals surface area contributed by atoms with Crippen LogP contribution < -0.4 is 4.90 Å². The largest absolute Gasteiger partial charge is 0.369 e. The van der Waals surface area contributed by atoms with Crippen molar-refractivity contribution >= 4 is 44.4 Å². The Morgan fingerprint density at radius 3 is 2.46 bits per heavy atom. The highest BCUT2D eigenvalue weighted by molar-refractivity contribution is 7.71. The van der Waals surface area contributed by atoms with Gasteiger partial charge in [-0.15, -0.1) is 5.10 Å². The van der Waals surface area contributed by atoms with Gasteiger partial charge in [-0.3, -0.25) is 9.30 Å². The van der Waals surface area contributed by atoms with Gasteiger partial charge in [-0.2, -0.15) is 0 Å². The quantitative estimate of drug-likeness (QED) is 0.504. The molecule has 5 rings (SSSR count). The molecule has 0 saturated carbocycles. The summed E-state index contributed by atoms with van der Waals surface area (Å²) in [6.45, 7) is 4.85. The molecule has 0 radical (unpaired) electrons. The minimum absolute atomic E-state index is 0.754. The summed E-state index contributed by atoms with van der Waals surface area (Å²) in [7, 11) is 0. The van der Waals surface area contributed by atoms with Crippen LogP contribution in [0.1, 0.15) is 0 Å². The molecule has 4 aromatic rings. The van der Waals surface area contributed by atoms with Crippen molar-refractivity contribution in [3.63, 3.8) is 0 Å². The number of thiazole rings is 1. The molecule has 132 valence electrons. The van der Waals surface area contributed by atoms with Gasteiger partial charge in [0.25, 0.3) is 0 Å². The Kier molecular flexibility index (Phi) is 4.00. The molecule has 7 heteroatoms. The van der Waals surface area contributed by atoms with Gasteiger partial charge in [0.05, 0.1) is 16.9 Å². The van der Waals surface area contributed by atoms with E-state index in [2.05, 4.69) is 68.8 Å². The van der Waals surface area contributed by atoms with Crippen LogP contribution in [-0.2, 0) is 6.67 Å². The van der Waals surface area contributed by atoms with Gasteiger partial charge in [-0.25, -0.2) is 4.68 Å². The lowest BCUT2D eigenvalue weighted by molar-refractivity contribution is 0.195. The van der Waals surface area contributed by atoms with Gasteiger partial charge < -0.3 is 4.90 Å². The van der Waals surface area contributed by atoms with E-state index in [1.54, 1.807) is 11.3 Å². The van der Waals surface area contributed by atoms with Gasteiger partial charge >= 0.3 is 0 Å². The number of fused-ring (bicyclic) bond motifs is 3. The Balaban J connectivity index is 1.34. The molecule has 0 spiro atoms. The van der Waals surface area contributed by atoms with E-state index in [4.69, 9.17) is 17.3 Å². The average Bonchev–Trinajstić information content (AvgIpc) is 3.20. The molecule has 2 aromatic carbocycles. The van der Waals surface area contributed by atoms with Crippen LogP contribution in [0.2, 0.25) is 0 Å². The number of benzene rings is 2. The molecule has 26 heavy (non-hydrogen) atoms. The number of rotatable bonds is 3. The molecule has 0 N–H and O–H groups in total. The monoisotopic (exact) mass is 381 g/mol. The predicted molar refractivity (Wildman–Crippen MR) is 110 cm³/mol. The number of nitrogens with zero attached hydrogens (tertiary/aromatic N) is 5. The first-order valence-electron chi connectivity index (χ1n) is 8.79. The van der Waals surface area contributed by atoms with Crippen molar-refractivity contribution in [2.45, 2.75) is 6.67 Å². The maximum absolute atomic E-state index is 5.71. The van der Waals surface area contributed by atoms with E-state index in [0.717, 1.165) is 48.1 Å². The fraction of sp³-hybridized carbons (Fsp3) is 0.263. The third-order valence-corrected chi connectivity index (χ3v) is 6.35. The second-order valence-corrected chi connectivity index (χ2v) is 7.93. The maximum Gasteiger partial charge on any atom is 0.216 e. The van der Waals surface area contributed by atoms with Crippen molar-refractivity contribution in [1.82, 2.24) is 19.1 Å². The normalized spacial score (nSPS) is 15.9. The molecule has 1 fully saturated rings. The summed E-state index contributed by atoms with van der Waals surface area (Å²) in [5, 5.41) is 4.76. The second kappa shape index (κ2) is 6.50.